The second-order valence-electron chi connectivity index (χ2n) is 10.6. The summed E-state index contributed by atoms with van der Waals surface area (Å²) in [6.07, 6.45) is -0.0150. The van der Waals surface area contributed by atoms with Gasteiger partial charge in [0.15, 0.2) is 0 Å². The molecule has 0 N–H and O–H groups in total. The fourth-order valence-corrected chi connectivity index (χ4v) is 6.29. The highest BCUT2D eigenvalue weighted by Crippen LogP contribution is 2.35. The summed E-state index contributed by atoms with van der Waals surface area (Å²) in [5, 5.41) is -0.00776. The fraction of sp³-hybridized carbons (Fsp3) is 0.571. The second-order valence-corrected chi connectivity index (χ2v) is 11.0. The largest absolute Gasteiger partial charge is 0.417 e. The molecule has 4 heterocycles. The number of aromatic nitrogens is 1. The van der Waals surface area contributed by atoms with Gasteiger partial charge in [0.2, 0.25) is 5.91 Å². The van der Waals surface area contributed by atoms with Gasteiger partial charge in [0.1, 0.15) is 5.82 Å². The molecule has 0 aliphatic carbocycles. The lowest BCUT2D eigenvalue weighted by atomic mass is 9.94. The molecule has 6 nitrogen and oxygen atoms in total. The molecule has 38 heavy (non-hydrogen) atoms. The van der Waals surface area contributed by atoms with E-state index in [1.165, 1.54) is 18.4 Å². The lowest BCUT2D eigenvalue weighted by Crippen LogP contribution is -2.55. The average molecular weight is 550 g/mol. The van der Waals surface area contributed by atoms with E-state index in [-0.39, 0.29) is 16.8 Å². The van der Waals surface area contributed by atoms with E-state index in [9.17, 15) is 18.0 Å². The summed E-state index contributed by atoms with van der Waals surface area (Å²) < 4.78 is 38.8. The van der Waals surface area contributed by atoms with Gasteiger partial charge in [-0.2, -0.15) is 13.2 Å². The number of piperidine rings is 2. The van der Waals surface area contributed by atoms with Gasteiger partial charge in [-0.15, -0.1) is 0 Å². The molecule has 5 rings (SSSR count). The molecule has 0 radical (unpaired) electrons. The molecule has 3 saturated heterocycles. The van der Waals surface area contributed by atoms with Crippen LogP contribution in [-0.2, 0) is 17.5 Å². The molecule has 0 unspecified atom stereocenters. The van der Waals surface area contributed by atoms with Gasteiger partial charge >= 0.3 is 6.18 Å². The monoisotopic (exact) mass is 549 g/mol. The van der Waals surface area contributed by atoms with Crippen molar-refractivity contribution >= 4 is 23.3 Å². The number of piperazine rings is 1. The molecule has 3 fully saturated rings. The molecule has 0 bridgehead atoms. The molecule has 1 amide bonds. The third-order valence-corrected chi connectivity index (χ3v) is 8.52. The molecular weight excluding hydrogens is 515 g/mol. The Bertz CT molecular complexity index is 1080. The van der Waals surface area contributed by atoms with E-state index in [4.69, 9.17) is 11.6 Å². The van der Waals surface area contributed by atoms with Crippen molar-refractivity contribution in [1.82, 2.24) is 19.7 Å². The number of pyridine rings is 1. The second kappa shape index (κ2) is 11.8. The number of likely N-dealkylation sites (tertiary alicyclic amines) is 1. The average Bonchev–Trinajstić information content (AvgIpc) is 2.93. The van der Waals surface area contributed by atoms with Gasteiger partial charge in [-0.1, -0.05) is 41.9 Å². The fourth-order valence-electron chi connectivity index (χ4n) is 6.01. The van der Waals surface area contributed by atoms with E-state index in [0.29, 0.717) is 37.8 Å². The number of amides is 1. The Kier molecular flexibility index (Phi) is 8.45. The Morgan fingerprint density at radius 2 is 1.58 bits per heavy atom. The molecule has 10 heteroatoms. The number of halogens is 4. The van der Waals surface area contributed by atoms with Crippen LogP contribution in [0.4, 0.5) is 19.0 Å². The van der Waals surface area contributed by atoms with Crippen LogP contribution >= 0.6 is 11.6 Å². The van der Waals surface area contributed by atoms with Gasteiger partial charge in [0, 0.05) is 64.0 Å². The molecule has 1 aromatic carbocycles. The van der Waals surface area contributed by atoms with E-state index >= 15 is 0 Å². The van der Waals surface area contributed by atoms with Gasteiger partial charge < -0.3 is 9.80 Å². The number of rotatable bonds is 5. The number of hydrogen-bond acceptors (Lipinski definition) is 5. The van der Waals surface area contributed by atoms with Gasteiger partial charge in [0.05, 0.1) is 10.6 Å². The first-order valence-corrected chi connectivity index (χ1v) is 13.9. The zero-order valence-corrected chi connectivity index (χ0v) is 22.3. The minimum absolute atomic E-state index is 0.00776. The van der Waals surface area contributed by atoms with E-state index in [1.54, 1.807) is 0 Å². The van der Waals surface area contributed by atoms with Crippen molar-refractivity contribution in [2.45, 2.75) is 44.4 Å². The number of carbonyl (C=O) groups is 1. The van der Waals surface area contributed by atoms with E-state index < -0.39 is 11.7 Å². The van der Waals surface area contributed by atoms with E-state index in [2.05, 4.69) is 45.1 Å². The highest BCUT2D eigenvalue weighted by Gasteiger charge is 2.35. The normalized spacial score (nSPS) is 21.2. The van der Waals surface area contributed by atoms with Crippen molar-refractivity contribution < 1.29 is 18.0 Å². The topological polar surface area (TPSA) is 42.9 Å². The molecule has 1 aromatic heterocycles. The summed E-state index contributed by atoms with van der Waals surface area (Å²) in [5.74, 6) is 0.495. The Morgan fingerprint density at radius 3 is 2.18 bits per heavy atom. The predicted molar refractivity (Wildman–Crippen MR) is 142 cm³/mol. The first kappa shape index (κ1) is 27.2. The van der Waals surface area contributed by atoms with Gasteiger partial charge in [-0.25, -0.2) is 4.98 Å². The van der Waals surface area contributed by atoms with Crippen LogP contribution in [0, 0.1) is 5.92 Å². The first-order valence-electron chi connectivity index (χ1n) is 13.5. The lowest BCUT2D eigenvalue weighted by molar-refractivity contribution is -0.139. The number of alkyl halides is 3. The molecular formula is C28H35ClF3N5O. The number of hydrogen-bond donors (Lipinski definition) is 0. The summed E-state index contributed by atoms with van der Waals surface area (Å²) in [5.41, 5.74) is 0.510. The Labute approximate surface area is 227 Å². The highest BCUT2D eigenvalue weighted by atomic mass is 35.5. The number of benzene rings is 1. The maximum absolute atomic E-state index is 13.2. The zero-order chi connectivity index (χ0) is 26.7. The lowest BCUT2D eigenvalue weighted by Gasteiger charge is -2.44. The molecule has 0 atom stereocenters. The molecule has 206 valence electrons. The first-order chi connectivity index (χ1) is 18.3. The van der Waals surface area contributed by atoms with Crippen LogP contribution in [0.3, 0.4) is 0 Å². The van der Waals surface area contributed by atoms with Gasteiger partial charge in [-0.05, 0) is 50.4 Å². The summed E-state index contributed by atoms with van der Waals surface area (Å²) in [6, 6.07) is 12.1. The van der Waals surface area contributed by atoms with Crippen molar-refractivity contribution in [3.8, 4) is 0 Å². The van der Waals surface area contributed by atoms with Crippen molar-refractivity contribution in [2.75, 3.05) is 57.3 Å². The molecule has 2 aromatic rings. The maximum Gasteiger partial charge on any atom is 0.417 e. The summed E-state index contributed by atoms with van der Waals surface area (Å²) in [4.78, 5) is 26.2. The number of nitrogens with zero attached hydrogens (tertiary/aromatic N) is 5. The van der Waals surface area contributed by atoms with Gasteiger partial charge in [0.25, 0.3) is 0 Å². The Balaban J connectivity index is 1.05. The van der Waals surface area contributed by atoms with E-state index in [0.717, 1.165) is 58.1 Å². The van der Waals surface area contributed by atoms with Crippen molar-refractivity contribution in [3.63, 3.8) is 0 Å². The van der Waals surface area contributed by atoms with Crippen LogP contribution < -0.4 is 4.90 Å². The summed E-state index contributed by atoms with van der Waals surface area (Å²) in [6.45, 7) is 7.68. The van der Waals surface area contributed by atoms with Crippen LogP contribution in [0.5, 0.6) is 0 Å². The Morgan fingerprint density at radius 1 is 0.921 bits per heavy atom. The van der Waals surface area contributed by atoms with Crippen LogP contribution in [0.25, 0.3) is 0 Å². The molecule has 3 aliphatic heterocycles. The van der Waals surface area contributed by atoms with E-state index in [1.807, 2.05) is 9.80 Å². The van der Waals surface area contributed by atoms with Crippen molar-refractivity contribution in [2.24, 2.45) is 5.92 Å². The standard InChI is InChI=1S/C28H35ClF3N5O/c29-25-18-23(28(30,31)32)19-33-26(25)36-12-6-22(7-13-36)27(38)37-16-14-35(15-17-37)24-8-10-34(11-9-24)20-21-4-2-1-3-5-21/h1-5,18-19,22,24H,6-17,20H2. The quantitative estimate of drug-likeness (QED) is 0.537. The third-order valence-electron chi connectivity index (χ3n) is 8.24. The summed E-state index contributed by atoms with van der Waals surface area (Å²) >= 11 is 6.12. The Hall–Kier alpha value is -2.36. The predicted octanol–water partition coefficient (Wildman–Crippen LogP) is 4.78. The minimum atomic E-state index is -4.47. The summed E-state index contributed by atoms with van der Waals surface area (Å²) in [7, 11) is 0. The highest BCUT2D eigenvalue weighted by molar-refractivity contribution is 6.33. The van der Waals surface area contributed by atoms with Crippen LogP contribution in [-0.4, -0.2) is 84.0 Å². The molecule has 0 saturated carbocycles. The molecule has 0 spiro atoms. The van der Waals surface area contributed by atoms with Gasteiger partial charge in [-0.3, -0.25) is 14.6 Å². The number of carbonyl (C=O) groups excluding carboxylic acids is 1. The maximum atomic E-state index is 13.2. The van der Waals surface area contributed by atoms with Crippen LogP contribution in [0.2, 0.25) is 5.02 Å². The van der Waals surface area contributed by atoms with Crippen LogP contribution in [0.1, 0.15) is 36.8 Å². The van der Waals surface area contributed by atoms with Crippen molar-refractivity contribution in [3.05, 3.63) is 58.7 Å². The van der Waals surface area contributed by atoms with Crippen molar-refractivity contribution in [1.29, 1.82) is 0 Å². The molecule has 3 aliphatic rings. The third kappa shape index (κ3) is 6.43. The smallest absolute Gasteiger partial charge is 0.355 e. The van der Waals surface area contributed by atoms with Crippen LogP contribution in [0.15, 0.2) is 42.6 Å². The SMILES string of the molecule is O=C(C1CCN(c2ncc(C(F)(F)F)cc2Cl)CC1)N1CCN(C2CCN(Cc3ccccc3)CC2)CC1. The zero-order valence-electron chi connectivity index (χ0n) is 21.5. The number of anilines is 1. The minimum Gasteiger partial charge on any atom is -0.355 e.